The minimum Gasteiger partial charge on any atom is -0.324 e. The van der Waals surface area contributed by atoms with Crippen LogP contribution in [0.15, 0.2) is 54.6 Å². The number of carbonyl (C=O) groups excluding carboxylic acids is 1. The Kier molecular flexibility index (Phi) is 2.62. The summed E-state index contributed by atoms with van der Waals surface area (Å²) in [5.74, 6) is 0.298. The second-order valence-electron chi connectivity index (χ2n) is 5.65. The molecule has 2 aliphatic heterocycles. The van der Waals surface area contributed by atoms with E-state index in [1.54, 1.807) is 0 Å². The molecule has 0 radical (unpaired) electrons. The fraction of sp³-hybridized carbons (Fsp3) is 0.278. The average Bonchev–Trinajstić information content (AvgIpc) is 2.84. The van der Waals surface area contributed by atoms with Gasteiger partial charge in [0.15, 0.2) is 0 Å². The van der Waals surface area contributed by atoms with Gasteiger partial charge in [0, 0.05) is 6.42 Å². The van der Waals surface area contributed by atoms with Crippen molar-refractivity contribution in [3.63, 3.8) is 0 Å². The fourth-order valence-electron chi connectivity index (χ4n) is 3.71. The maximum atomic E-state index is 12.5. The summed E-state index contributed by atoms with van der Waals surface area (Å²) in [5.41, 5.74) is 3.87. The van der Waals surface area contributed by atoms with Gasteiger partial charge in [0.25, 0.3) is 0 Å². The predicted molar refractivity (Wildman–Crippen MR) is 78.2 cm³/mol. The van der Waals surface area contributed by atoms with Crippen molar-refractivity contribution in [1.82, 2.24) is 4.90 Å². The van der Waals surface area contributed by atoms with E-state index in [1.807, 2.05) is 6.07 Å². The first-order chi connectivity index (χ1) is 9.86. The quantitative estimate of drug-likeness (QED) is 0.765. The van der Waals surface area contributed by atoms with Crippen molar-refractivity contribution in [2.75, 3.05) is 0 Å². The van der Waals surface area contributed by atoms with E-state index in [9.17, 15) is 4.79 Å². The minimum atomic E-state index is 0.102. The Morgan fingerprint density at radius 2 is 1.60 bits per heavy atom. The number of amides is 1. The van der Waals surface area contributed by atoms with Crippen LogP contribution in [0.4, 0.5) is 0 Å². The van der Waals surface area contributed by atoms with E-state index in [4.69, 9.17) is 0 Å². The summed E-state index contributed by atoms with van der Waals surface area (Å²) in [6.07, 6.45) is 2.79. The van der Waals surface area contributed by atoms with Gasteiger partial charge in [-0.1, -0.05) is 54.6 Å². The monoisotopic (exact) mass is 263 g/mol. The number of fused-ring (bicyclic) bond motifs is 3. The van der Waals surface area contributed by atoms with Crippen LogP contribution in [0, 0.1) is 0 Å². The van der Waals surface area contributed by atoms with E-state index in [1.165, 1.54) is 16.7 Å². The van der Waals surface area contributed by atoms with Crippen molar-refractivity contribution in [2.45, 2.75) is 31.3 Å². The second kappa shape index (κ2) is 4.48. The van der Waals surface area contributed by atoms with E-state index in [0.29, 0.717) is 12.3 Å². The summed E-state index contributed by atoms with van der Waals surface area (Å²) in [6, 6.07) is 19.3. The lowest BCUT2D eigenvalue weighted by Gasteiger charge is -2.34. The molecule has 2 heteroatoms. The highest BCUT2D eigenvalue weighted by Gasteiger charge is 2.43. The number of rotatable bonds is 1. The third kappa shape index (κ3) is 1.61. The van der Waals surface area contributed by atoms with E-state index >= 15 is 0 Å². The summed E-state index contributed by atoms with van der Waals surface area (Å²) in [6.45, 7) is 0. The Labute approximate surface area is 119 Å². The molecule has 0 spiro atoms. The minimum absolute atomic E-state index is 0.102. The highest BCUT2D eigenvalue weighted by Crippen LogP contribution is 2.49. The number of carbonyl (C=O) groups is 1. The number of hydrogen-bond acceptors (Lipinski definition) is 1. The molecule has 2 nitrogen and oxygen atoms in total. The zero-order chi connectivity index (χ0) is 13.5. The first-order valence-corrected chi connectivity index (χ1v) is 7.31. The average molecular weight is 263 g/mol. The molecular weight excluding hydrogens is 246 g/mol. The van der Waals surface area contributed by atoms with Crippen LogP contribution in [0.5, 0.6) is 0 Å². The molecule has 4 rings (SSSR count). The molecule has 0 unspecified atom stereocenters. The molecule has 0 saturated carbocycles. The van der Waals surface area contributed by atoms with Gasteiger partial charge in [-0.25, -0.2) is 0 Å². The smallest absolute Gasteiger partial charge is 0.223 e. The zero-order valence-electron chi connectivity index (χ0n) is 11.3. The fourth-order valence-corrected chi connectivity index (χ4v) is 3.71. The normalized spacial score (nSPS) is 24.4. The van der Waals surface area contributed by atoms with E-state index in [2.05, 4.69) is 53.4 Å². The summed E-state index contributed by atoms with van der Waals surface area (Å²) in [4.78, 5) is 14.6. The second-order valence-corrected chi connectivity index (χ2v) is 5.65. The topological polar surface area (TPSA) is 20.3 Å². The van der Waals surface area contributed by atoms with Crippen molar-refractivity contribution in [2.24, 2.45) is 0 Å². The van der Waals surface area contributed by atoms with Crippen molar-refractivity contribution in [1.29, 1.82) is 0 Å². The molecule has 20 heavy (non-hydrogen) atoms. The molecule has 1 fully saturated rings. The standard InChI is InChI=1S/C18H17NO/c20-17-12-6-11-16-14-9-4-5-10-15(14)18(19(16)17)13-7-2-1-3-8-13/h1-5,7-10,16,18H,6,11-12H2/t16-,18+/m1/s1. The summed E-state index contributed by atoms with van der Waals surface area (Å²) in [7, 11) is 0. The lowest BCUT2D eigenvalue weighted by Crippen LogP contribution is -2.36. The first-order valence-electron chi connectivity index (χ1n) is 7.31. The molecule has 2 heterocycles. The summed E-state index contributed by atoms with van der Waals surface area (Å²) in [5, 5.41) is 0. The first kappa shape index (κ1) is 11.7. The summed E-state index contributed by atoms with van der Waals surface area (Å²) < 4.78 is 0. The molecule has 0 N–H and O–H groups in total. The molecule has 0 aromatic heterocycles. The number of nitrogens with zero attached hydrogens (tertiary/aromatic N) is 1. The maximum absolute atomic E-state index is 12.5. The predicted octanol–water partition coefficient (Wildman–Crippen LogP) is 3.84. The molecule has 2 atom stereocenters. The van der Waals surface area contributed by atoms with Crippen LogP contribution in [0.2, 0.25) is 0 Å². The summed E-state index contributed by atoms with van der Waals surface area (Å²) >= 11 is 0. The molecule has 2 aromatic carbocycles. The Balaban J connectivity index is 1.89. The van der Waals surface area contributed by atoms with Gasteiger partial charge in [0.2, 0.25) is 5.91 Å². The highest BCUT2D eigenvalue weighted by molar-refractivity contribution is 5.80. The zero-order valence-corrected chi connectivity index (χ0v) is 11.3. The number of piperidine rings is 1. The van der Waals surface area contributed by atoms with Gasteiger partial charge in [-0.15, -0.1) is 0 Å². The van der Waals surface area contributed by atoms with Crippen LogP contribution in [0.25, 0.3) is 0 Å². The molecule has 1 saturated heterocycles. The van der Waals surface area contributed by atoms with Gasteiger partial charge in [0.05, 0.1) is 12.1 Å². The lowest BCUT2D eigenvalue weighted by atomic mass is 9.96. The van der Waals surface area contributed by atoms with E-state index in [0.717, 1.165) is 12.8 Å². The van der Waals surface area contributed by atoms with Crippen LogP contribution < -0.4 is 0 Å². The lowest BCUT2D eigenvalue weighted by molar-refractivity contribution is -0.137. The molecule has 1 amide bonds. The molecule has 0 bridgehead atoms. The molecule has 2 aliphatic rings. The van der Waals surface area contributed by atoms with Crippen LogP contribution in [-0.2, 0) is 4.79 Å². The highest BCUT2D eigenvalue weighted by atomic mass is 16.2. The Bertz CT molecular complexity index is 649. The van der Waals surface area contributed by atoms with Crippen LogP contribution in [0.1, 0.15) is 48.0 Å². The van der Waals surface area contributed by atoms with Gasteiger partial charge in [-0.2, -0.15) is 0 Å². The molecule has 100 valence electrons. The van der Waals surface area contributed by atoms with Crippen molar-refractivity contribution in [3.8, 4) is 0 Å². The van der Waals surface area contributed by atoms with Gasteiger partial charge in [0.1, 0.15) is 0 Å². The van der Waals surface area contributed by atoms with Gasteiger partial charge >= 0.3 is 0 Å². The van der Waals surface area contributed by atoms with Gasteiger partial charge in [-0.3, -0.25) is 4.79 Å². The largest absolute Gasteiger partial charge is 0.324 e. The van der Waals surface area contributed by atoms with Crippen molar-refractivity contribution >= 4 is 5.91 Å². The molecular formula is C18H17NO. The molecule has 2 aromatic rings. The Morgan fingerprint density at radius 3 is 2.40 bits per heavy atom. The Morgan fingerprint density at radius 1 is 0.900 bits per heavy atom. The van der Waals surface area contributed by atoms with Crippen LogP contribution in [0.3, 0.4) is 0 Å². The number of hydrogen-bond donors (Lipinski definition) is 0. The van der Waals surface area contributed by atoms with Crippen molar-refractivity contribution in [3.05, 3.63) is 71.3 Å². The SMILES string of the molecule is O=C1CCC[C@@H]2c3ccccc3[C@H](c3ccccc3)N12. The molecule has 0 aliphatic carbocycles. The van der Waals surface area contributed by atoms with Gasteiger partial charge < -0.3 is 4.90 Å². The third-order valence-corrected chi connectivity index (χ3v) is 4.54. The van der Waals surface area contributed by atoms with E-state index < -0.39 is 0 Å². The Hall–Kier alpha value is -2.09. The maximum Gasteiger partial charge on any atom is 0.223 e. The third-order valence-electron chi connectivity index (χ3n) is 4.54. The van der Waals surface area contributed by atoms with E-state index in [-0.39, 0.29) is 12.1 Å². The van der Waals surface area contributed by atoms with Crippen molar-refractivity contribution < 1.29 is 4.79 Å². The van der Waals surface area contributed by atoms with Gasteiger partial charge in [-0.05, 0) is 29.5 Å². The van der Waals surface area contributed by atoms with Crippen LogP contribution in [-0.4, -0.2) is 10.8 Å². The van der Waals surface area contributed by atoms with Crippen LogP contribution >= 0.6 is 0 Å². The number of benzene rings is 2.